The lowest BCUT2D eigenvalue weighted by Crippen LogP contribution is -2.39. The van der Waals surface area contributed by atoms with Crippen LogP contribution in [-0.4, -0.2) is 27.9 Å². The van der Waals surface area contributed by atoms with Crippen LogP contribution in [0.15, 0.2) is 40.7 Å². The minimum atomic E-state index is -0.789. The largest absolute Gasteiger partial charge is 0.502 e. The molecule has 1 aromatic carbocycles. The quantitative estimate of drug-likeness (QED) is 0.405. The maximum Gasteiger partial charge on any atom is 0.337 e. The molecule has 0 amide bonds. The summed E-state index contributed by atoms with van der Waals surface area (Å²) in [5, 5.41) is 24.6. The fraction of sp³-hybridized carbons (Fsp3) is 0.500. The lowest BCUT2D eigenvalue weighted by molar-refractivity contribution is -0.385. The first-order chi connectivity index (χ1) is 15.1. The van der Waals surface area contributed by atoms with Gasteiger partial charge in [0, 0.05) is 35.4 Å². The molecular weight excluding hydrogens is 412 g/mol. The highest BCUT2D eigenvalue weighted by molar-refractivity contribution is 6.04. The zero-order valence-electron chi connectivity index (χ0n) is 18.6. The Labute approximate surface area is 186 Å². The minimum Gasteiger partial charge on any atom is -0.502 e. The van der Waals surface area contributed by atoms with Gasteiger partial charge in [0.25, 0.3) is 0 Å². The summed E-state index contributed by atoms with van der Waals surface area (Å²) in [5.41, 5.74) is 1.77. The van der Waals surface area contributed by atoms with Gasteiger partial charge < -0.3 is 15.2 Å². The molecule has 0 unspecified atom stereocenters. The van der Waals surface area contributed by atoms with Gasteiger partial charge in [-0.2, -0.15) is 0 Å². The van der Waals surface area contributed by atoms with Gasteiger partial charge >= 0.3 is 11.7 Å². The van der Waals surface area contributed by atoms with Crippen molar-refractivity contribution in [1.29, 1.82) is 0 Å². The summed E-state index contributed by atoms with van der Waals surface area (Å²) >= 11 is 0. The van der Waals surface area contributed by atoms with Gasteiger partial charge in [-0.25, -0.2) is 4.79 Å². The van der Waals surface area contributed by atoms with E-state index in [0.29, 0.717) is 35.2 Å². The van der Waals surface area contributed by atoms with Crippen molar-refractivity contribution in [2.75, 3.05) is 0 Å². The van der Waals surface area contributed by atoms with E-state index in [1.807, 2.05) is 13.8 Å². The third-order valence-corrected chi connectivity index (χ3v) is 6.57. The molecule has 0 bridgehead atoms. The molecule has 1 aliphatic heterocycles. The first-order valence-electron chi connectivity index (χ1n) is 11.0. The van der Waals surface area contributed by atoms with Crippen molar-refractivity contribution in [1.82, 2.24) is 5.32 Å². The van der Waals surface area contributed by atoms with Crippen LogP contribution in [-0.2, 0) is 14.3 Å². The lowest BCUT2D eigenvalue weighted by atomic mass is 9.68. The number of dihydropyridines is 1. The van der Waals surface area contributed by atoms with Crippen molar-refractivity contribution in [3.05, 3.63) is 56.4 Å². The van der Waals surface area contributed by atoms with Crippen LogP contribution in [0.25, 0.3) is 0 Å². The molecule has 2 N–H and O–H groups in total. The molecule has 0 aromatic heterocycles. The third kappa shape index (κ3) is 4.01. The number of carbonyl (C=O) groups is 2. The van der Waals surface area contributed by atoms with Crippen LogP contribution < -0.4 is 5.32 Å². The van der Waals surface area contributed by atoms with Crippen LogP contribution in [0.5, 0.6) is 5.75 Å². The van der Waals surface area contributed by atoms with Gasteiger partial charge in [-0.1, -0.05) is 19.9 Å². The molecule has 1 saturated carbocycles. The Morgan fingerprint density at radius 2 is 1.94 bits per heavy atom. The highest BCUT2D eigenvalue weighted by Crippen LogP contribution is 2.48. The highest BCUT2D eigenvalue weighted by Gasteiger charge is 2.44. The number of ether oxygens (including phenoxy) is 1. The van der Waals surface area contributed by atoms with Crippen molar-refractivity contribution < 1.29 is 24.4 Å². The average Bonchev–Trinajstić information content (AvgIpc) is 3.19. The summed E-state index contributed by atoms with van der Waals surface area (Å²) in [6.07, 6.45) is 4.40. The molecule has 1 atom stereocenters. The van der Waals surface area contributed by atoms with E-state index in [1.165, 1.54) is 18.2 Å². The number of nitrogens with one attached hydrogen (secondary N) is 1. The number of Topliss-reactive ketones (excluding diaryl/α,β-unsaturated/α-hetero) is 1. The number of hydrogen-bond donors (Lipinski definition) is 2. The molecule has 32 heavy (non-hydrogen) atoms. The normalized spacial score (nSPS) is 23.1. The number of rotatable bonds is 4. The molecule has 0 saturated heterocycles. The summed E-state index contributed by atoms with van der Waals surface area (Å²) in [4.78, 5) is 37.4. The van der Waals surface area contributed by atoms with Crippen LogP contribution in [0.4, 0.5) is 5.69 Å². The van der Waals surface area contributed by atoms with Crippen molar-refractivity contribution in [3.63, 3.8) is 0 Å². The van der Waals surface area contributed by atoms with E-state index < -0.39 is 28.2 Å². The molecule has 3 aliphatic rings. The number of phenolic OH excluding ortho intramolecular Hbond substituents is 1. The van der Waals surface area contributed by atoms with E-state index in [2.05, 4.69) is 5.32 Å². The zero-order chi connectivity index (χ0) is 23.2. The molecule has 1 heterocycles. The Morgan fingerprint density at radius 3 is 2.59 bits per heavy atom. The zero-order valence-corrected chi connectivity index (χ0v) is 18.6. The Balaban J connectivity index is 1.84. The summed E-state index contributed by atoms with van der Waals surface area (Å²) in [6.45, 7) is 5.79. The number of ketones is 1. The summed E-state index contributed by atoms with van der Waals surface area (Å²) in [7, 11) is 0. The molecule has 170 valence electrons. The van der Waals surface area contributed by atoms with E-state index in [9.17, 15) is 24.8 Å². The molecule has 0 spiro atoms. The first kappa shape index (κ1) is 22.0. The first-order valence-corrected chi connectivity index (χ1v) is 11.0. The summed E-state index contributed by atoms with van der Waals surface area (Å²) < 4.78 is 5.78. The predicted octanol–water partition coefficient (Wildman–Crippen LogP) is 4.39. The van der Waals surface area contributed by atoms with Crippen LogP contribution in [0.3, 0.4) is 0 Å². The number of nitro groups is 1. The number of phenols is 1. The van der Waals surface area contributed by atoms with Gasteiger partial charge in [-0.05, 0) is 56.1 Å². The fourth-order valence-corrected chi connectivity index (χ4v) is 5.13. The van der Waals surface area contributed by atoms with Crippen LogP contribution in [0, 0.1) is 15.5 Å². The number of benzene rings is 1. The van der Waals surface area contributed by atoms with E-state index in [0.717, 1.165) is 31.4 Å². The van der Waals surface area contributed by atoms with E-state index in [1.54, 1.807) is 6.92 Å². The topological polar surface area (TPSA) is 119 Å². The molecular formula is C24H28N2O6. The minimum absolute atomic E-state index is 0.0943. The van der Waals surface area contributed by atoms with E-state index >= 15 is 0 Å². The van der Waals surface area contributed by atoms with Crippen LogP contribution in [0.2, 0.25) is 0 Å². The number of carbonyl (C=O) groups excluding carboxylic acids is 2. The Bertz CT molecular complexity index is 1060. The fourth-order valence-electron chi connectivity index (χ4n) is 5.13. The maximum atomic E-state index is 13.3. The van der Waals surface area contributed by atoms with Crippen molar-refractivity contribution in [3.8, 4) is 5.75 Å². The number of aromatic hydroxyl groups is 1. The van der Waals surface area contributed by atoms with Crippen LogP contribution >= 0.6 is 0 Å². The van der Waals surface area contributed by atoms with Crippen molar-refractivity contribution in [2.45, 2.75) is 71.3 Å². The van der Waals surface area contributed by atoms with Gasteiger partial charge in [0.1, 0.15) is 6.10 Å². The maximum absolute atomic E-state index is 13.3. The molecule has 1 fully saturated rings. The van der Waals surface area contributed by atoms with Gasteiger partial charge in [0.2, 0.25) is 0 Å². The number of nitrogens with zero attached hydrogens (tertiary/aromatic N) is 1. The van der Waals surface area contributed by atoms with E-state index in [-0.39, 0.29) is 17.3 Å². The third-order valence-electron chi connectivity index (χ3n) is 6.57. The summed E-state index contributed by atoms with van der Waals surface area (Å²) in [6, 6.07) is 4.02. The second-order valence-corrected chi connectivity index (χ2v) is 9.75. The average molecular weight is 440 g/mol. The molecule has 8 nitrogen and oxygen atoms in total. The Hall–Kier alpha value is -3.16. The molecule has 8 heteroatoms. The molecule has 2 aliphatic carbocycles. The monoisotopic (exact) mass is 440 g/mol. The predicted molar refractivity (Wildman–Crippen MR) is 117 cm³/mol. The van der Waals surface area contributed by atoms with Gasteiger partial charge in [-0.3, -0.25) is 14.9 Å². The second kappa shape index (κ2) is 8.07. The molecule has 0 radical (unpaired) electrons. The standard InChI is InChI=1S/C24H28N2O6/c1-13-20(23(29)32-15-6-4-5-7-15)21(14-8-9-18(27)17(10-14)26(30)31)22-16(25-13)11-24(2,3)12-19(22)28/h8-10,15,21,25,27H,4-7,11-12H2,1-3H3/t21-/m0/s1. The van der Waals surface area contributed by atoms with Gasteiger partial charge in [0.15, 0.2) is 11.5 Å². The smallest absolute Gasteiger partial charge is 0.337 e. The molecule has 1 aromatic rings. The van der Waals surface area contributed by atoms with Crippen molar-refractivity contribution in [2.24, 2.45) is 5.41 Å². The van der Waals surface area contributed by atoms with E-state index in [4.69, 9.17) is 4.74 Å². The highest BCUT2D eigenvalue weighted by atomic mass is 16.6. The Morgan fingerprint density at radius 1 is 1.25 bits per heavy atom. The van der Waals surface area contributed by atoms with Crippen molar-refractivity contribution >= 4 is 17.4 Å². The number of hydrogen-bond acceptors (Lipinski definition) is 7. The lowest BCUT2D eigenvalue weighted by Gasteiger charge is -2.39. The Kier molecular flexibility index (Phi) is 5.56. The molecule has 4 rings (SSSR count). The second-order valence-electron chi connectivity index (χ2n) is 9.75. The SMILES string of the molecule is CC1=C(C(=O)OC2CCCC2)[C@H](c2ccc(O)c([N+](=O)[O-])c2)C2=C(CC(C)(C)CC2=O)N1. The van der Waals surface area contributed by atoms with Gasteiger partial charge in [0.05, 0.1) is 10.5 Å². The number of allylic oxidation sites excluding steroid dienone is 3. The number of esters is 1. The summed E-state index contributed by atoms with van der Waals surface area (Å²) in [5.74, 6) is -1.85. The van der Waals surface area contributed by atoms with Gasteiger partial charge in [-0.15, -0.1) is 0 Å². The van der Waals surface area contributed by atoms with Crippen LogP contribution in [0.1, 0.15) is 70.8 Å². The number of nitro benzene ring substituents is 1.